The molecule has 1 rings (SSSR count). The number of carboxylic acid groups (broad SMARTS) is 1. The number of carbonyl (C=O) groups excluding carboxylic acids is 1. The van der Waals surface area contributed by atoms with Crippen molar-refractivity contribution in [1.29, 1.82) is 0 Å². The molecule has 1 saturated carbocycles. The molecule has 19 heavy (non-hydrogen) atoms. The summed E-state index contributed by atoms with van der Waals surface area (Å²) in [6, 6.07) is 0. The molecule has 2 unspecified atom stereocenters. The predicted octanol–water partition coefficient (Wildman–Crippen LogP) is 1.26. The number of rotatable bonds is 6. The molecular formula is C14H25NO4. The highest BCUT2D eigenvalue weighted by atomic mass is 16.4. The van der Waals surface area contributed by atoms with Gasteiger partial charge in [-0.15, -0.1) is 0 Å². The average molecular weight is 271 g/mol. The second-order valence-electron chi connectivity index (χ2n) is 5.85. The lowest BCUT2D eigenvalue weighted by atomic mass is 9.95. The minimum Gasteiger partial charge on any atom is -0.481 e. The van der Waals surface area contributed by atoms with Crippen LogP contribution in [-0.4, -0.2) is 34.7 Å². The van der Waals surface area contributed by atoms with Crippen molar-refractivity contribution in [3.63, 3.8) is 0 Å². The van der Waals surface area contributed by atoms with Gasteiger partial charge in [0.2, 0.25) is 5.91 Å². The number of carboxylic acids is 1. The maximum Gasteiger partial charge on any atom is 0.307 e. The third kappa shape index (κ3) is 4.20. The van der Waals surface area contributed by atoms with Gasteiger partial charge in [0.15, 0.2) is 0 Å². The normalized spacial score (nSPS) is 28.4. The summed E-state index contributed by atoms with van der Waals surface area (Å²) in [5.74, 6) is -1.78. The van der Waals surface area contributed by atoms with Crippen molar-refractivity contribution in [3.05, 3.63) is 0 Å². The Morgan fingerprint density at radius 2 is 1.84 bits per heavy atom. The monoisotopic (exact) mass is 271 g/mol. The van der Waals surface area contributed by atoms with Gasteiger partial charge < -0.3 is 15.5 Å². The zero-order chi connectivity index (χ0) is 14.6. The standard InChI is InChI=1S/C14H25NO4/c1-4-9-5-10(11(6-9)14(18)19)13(17)15-7-12(16)8(2)3/h8-12,16H,4-7H2,1-3H3,(H,15,17)(H,18,19)/t9?,10-,11+,12?/m0/s1. The van der Waals surface area contributed by atoms with Gasteiger partial charge in [-0.3, -0.25) is 9.59 Å². The first-order valence-electron chi connectivity index (χ1n) is 7.05. The summed E-state index contributed by atoms with van der Waals surface area (Å²) in [5, 5.41) is 21.5. The van der Waals surface area contributed by atoms with Crippen molar-refractivity contribution < 1.29 is 19.8 Å². The first-order valence-corrected chi connectivity index (χ1v) is 7.05. The maximum atomic E-state index is 12.1. The molecule has 110 valence electrons. The lowest BCUT2D eigenvalue weighted by Gasteiger charge is -2.19. The van der Waals surface area contributed by atoms with E-state index in [-0.39, 0.29) is 18.4 Å². The highest BCUT2D eigenvalue weighted by molar-refractivity contribution is 5.85. The van der Waals surface area contributed by atoms with Crippen LogP contribution in [0, 0.1) is 23.7 Å². The fourth-order valence-electron chi connectivity index (χ4n) is 2.61. The van der Waals surface area contributed by atoms with E-state index in [1.165, 1.54) is 0 Å². The van der Waals surface area contributed by atoms with Gasteiger partial charge in [0.1, 0.15) is 0 Å². The van der Waals surface area contributed by atoms with Crippen molar-refractivity contribution in [2.24, 2.45) is 23.7 Å². The van der Waals surface area contributed by atoms with Crippen LogP contribution in [0.4, 0.5) is 0 Å². The largest absolute Gasteiger partial charge is 0.481 e. The third-order valence-corrected chi connectivity index (χ3v) is 4.15. The summed E-state index contributed by atoms with van der Waals surface area (Å²) in [4.78, 5) is 23.3. The Balaban J connectivity index is 2.56. The van der Waals surface area contributed by atoms with Crippen LogP contribution in [0.25, 0.3) is 0 Å². The fraction of sp³-hybridized carbons (Fsp3) is 0.857. The summed E-state index contributed by atoms with van der Waals surface area (Å²) in [5.41, 5.74) is 0. The number of aliphatic hydroxyl groups excluding tert-OH is 1. The van der Waals surface area contributed by atoms with Crippen molar-refractivity contribution in [2.75, 3.05) is 6.54 Å². The topological polar surface area (TPSA) is 86.6 Å². The lowest BCUT2D eigenvalue weighted by Crippen LogP contribution is -2.40. The molecule has 5 heteroatoms. The van der Waals surface area contributed by atoms with Crippen LogP contribution in [0.1, 0.15) is 40.0 Å². The second-order valence-corrected chi connectivity index (χ2v) is 5.85. The molecule has 4 atom stereocenters. The minimum absolute atomic E-state index is 0.0718. The molecule has 5 nitrogen and oxygen atoms in total. The highest BCUT2D eigenvalue weighted by Gasteiger charge is 2.42. The number of carbonyl (C=O) groups is 2. The van der Waals surface area contributed by atoms with Crippen LogP contribution in [0.5, 0.6) is 0 Å². The highest BCUT2D eigenvalue weighted by Crippen LogP contribution is 2.38. The van der Waals surface area contributed by atoms with Gasteiger partial charge >= 0.3 is 5.97 Å². The number of nitrogens with one attached hydrogen (secondary N) is 1. The number of aliphatic hydroxyl groups is 1. The van der Waals surface area contributed by atoms with E-state index in [2.05, 4.69) is 5.32 Å². The smallest absolute Gasteiger partial charge is 0.307 e. The van der Waals surface area contributed by atoms with Gasteiger partial charge in [0.25, 0.3) is 0 Å². The van der Waals surface area contributed by atoms with Gasteiger partial charge in [-0.25, -0.2) is 0 Å². The zero-order valence-electron chi connectivity index (χ0n) is 11.9. The van der Waals surface area contributed by atoms with E-state index in [1.54, 1.807) is 0 Å². The summed E-state index contributed by atoms with van der Waals surface area (Å²) in [6.45, 7) is 5.96. The van der Waals surface area contributed by atoms with E-state index < -0.39 is 23.9 Å². The summed E-state index contributed by atoms with van der Waals surface area (Å²) < 4.78 is 0. The molecule has 0 aromatic rings. The predicted molar refractivity (Wildman–Crippen MR) is 71.5 cm³/mol. The average Bonchev–Trinajstić information content (AvgIpc) is 2.79. The third-order valence-electron chi connectivity index (χ3n) is 4.15. The van der Waals surface area contributed by atoms with Crippen molar-refractivity contribution in [3.8, 4) is 0 Å². The van der Waals surface area contributed by atoms with E-state index in [1.807, 2.05) is 20.8 Å². The molecule has 3 N–H and O–H groups in total. The molecule has 1 aliphatic rings. The minimum atomic E-state index is -0.888. The number of amides is 1. The molecule has 0 radical (unpaired) electrons. The van der Waals surface area contributed by atoms with Crippen LogP contribution < -0.4 is 5.32 Å². The Hall–Kier alpha value is -1.10. The molecule has 1 amide bonds. The maximum absolute atomic E-state index is 12.1. The van der Waals surface area contributed by atoms with Crippen LogP contribution in [0.2, 0.25) is 0 Å². The van der Waals surface area contributed by atoms with Gasteiger partial charge in [0, 0.05) is 6.54 Å². The summed E-state index contributed by atoms with van der Waals surface area (Å²) >= 11 is 0. The SMILES string of the molecule is CCC1C[C@H](C(=O)NCC(O)C(C)C)[C@H](C(=O)O)C1. The van der Waals surface area contributed by atoms with Crippen LogP contribution in [0.15, 0.2) is 0 Å². The summed E-state index contributed by atoms with van der Waals surface area (Å²) in [7, 11) is 0. The lowest BCUT2D eigenvalue weighted by molar-refractivity contribution is -0.146. The van der Waals surface area contributed by atoms with Gasteiger partial charge in [-0.05, 0) is 24.7 Å². The number of hydrogen-bond donors (Lipinski definition) is 3. The van der Waals surface area contributed by atoms with Gasteiger partial charge in [-0.1, -0.05) is 27.2 Å². The molecule has 1 fully saturated rings. The Labute approximate surface area is 114 Å². The second kappa shape index (κ2) is 6.89. The Morgan fingerprint density at radius 1 is 1.26 bits per heavy atom. The molecule has 0 bridgehead atoms. The van der Waals surface area contributed by atoms with E-state index in [0.717, 1.165) is 6.42 Å². The van der Waals surface area contributed by atoms with Crippen molar-refractivity contribution in [1.82, 2.24) is 5.32 Å². The fourth-order valence-corrected chi connectivity index (χ4v) is 2.61. The van der Waals surface area contributed by atoms with E-state index in [9.17, 15) is 19.8 Å². The van der Waals surface area contributed by atoms with Gasteiger partial charge in [-0.2, -0.15) is 0 Å². The Bertz CT molecular complexity index is 329. The van der Waals surface area contributed by atoms with E-state index in [0.29, 0.717) is 18.8 Å². The molecule has 0 aromatic carbocycles. The van der Waals surface area contributed by atoms with Crippen LogP contribution >= 0.6 is 0 Å². The van der Waals surface area contributed by atoms with Crippen LogP contribution in [-0.2, 0) is 9.59 Å². The molecule has 0 spiro atoms. The molecule has 0 aliphatic heterocycles. The Kier molecular flexibility index (Phi) is 5.79. The molecule has 0 saturated heterocycles. The van der Waals surface area contributed by atoms with E-state index in [4.69, 9.17) is 0 Å². The van der Waals surface area contributed by atoms with Gasteiger partial charge in [0.05, 0.1) is 17.9 Å². The Morgan fingerprint density at radius 3 is 2.32 bits per heavy atom. The van der Waals surface area contributed by atoms with Crippen molar-refractivity contribution in [2.45, 2.75) is 46.1 Å². The quantitative estimate of drug-likeness (QED) is 0.678. The molecule has 0 heterocycles. The number of hydrogen-bond acceptors (Lipinski definition) is 3. The molecule has 1 aliphatic carbocycles. The summed E-state index contributed by atoms with van der Waals surface area (Å²) in [6.07, 6.45) is 1.53. The van der Waals surface area contributed by atoms with Crippen molar-refractivity contribution >= 4 is 11.9 Å². The molecule has 0 aromatic heterocycles. The first-order chi connectivity index (χ1) is 8.86. The first kappa shape index (κ1) is 16.0. The molecular weight excluding hydrogens is 246 g/mol. The zero-order valence-corrected chi connectivity index (χ0v) is 11.9. The number of aliphatic carboxylic acids is 1. The van der Waals surface area contributed by atoms with Crippen LogP contribution in [0.3, 0.4) is 0 Å². The van der Waals surface area contributed by atoms with E-state index >= 15 is 0 Å².